The summed E-state index contributed by atoms with van der Waals surface area (Å²) in [5.41, 5.74) is 2.67. The maximum atomic E-state index is 13.5. The second-order valence-electron chi connectivity index (χ2n) is 6.42. The van der Waals surface area contributed by atoms with Crippen molar-refractivity contribution in [1.82, 2.24) is 4.40 Å². The van der Waals surface area contributed by atoms with E-state index >= 15 is 0 Å². The monoisotopic (exact) mass is 381 g/mol. The molecular formula is C21H16FNO5. The molecule has 0 atom stereocenters. The van der Waals surface area contributed by atoms with Crippen molar-refractivity contribution in [3.05, 3.63) is 58.9 Å². The maximum absolute atomic E-state index is 13.5. The lowest BCUT2D eigenvalue weighted by molar-refractivity contribution is 0.0655. The van der Waals surface area contributed by atoms with E-state index in [2.05, 4.69) is 0 Å². The van der Waals surface area contributed by atoms with Gasteiger partial charge in [0.2, 0.25) is 0 Å². The highest BCUT2D eigenvalue weighted by atomic mass is 19.1. The first kappa shape index (κ1) is 17.8. The summed E-state index contributed by atoms with van der Waals surface area (Å²) in [5.74, 6) is -2.65. The van der Waals surface area contributed by atoms with E-state index in [9.17, 15) is 24.2 Å². The molecule has 28 heavy (non-hydrogen) atoms. The molecule has 0 amide bonds. The summed E-state index contributed by atoms with van der Waals surface area (Å²) in [5, 5.41) is 19.6. The largest absolute Gasteiger partial charge is 0.497 e. The van der Waals surface area contributed by atoms with E-state index in [-0.39, 0.29) is 16.6 Å². The SMILES string of the molecule is CCc1c(-c2ccc(F)cc2)c2c(C(=O)O)c(C(=O)O)c3cc(OC)cc1n32. The first-order chi connectivity index (χ1) is 13.4. The minimum atomic E-state index is -1.34. The molecule has 0 unspecified atom stereocenters. The molecule has 0 aliphatic carbocycles. The molecule has 0 bridgehead atoms. The Morgan fingerprint density at radius 3 is 2.18 bits per heavy atom. The molecule has 6 nitrogen and oxygen atoms in total. The summed E-state index contributed by atoms with van der Waals surface area (Å²) in [6.07, 6.45) is 0.568. The number of hydrogen-bond donors (Lipinski definition) is 2. The number of aromatic nitrogens is 1. The van der Waals surface area contributed by atoms with Gasteiger partial charge in [0.15, 0.2) is 0 Å². The van der Waals surface area contributed by atoms with Crippen LogP contribution >= 0.6 is 0 Å². The molecule has 4 aromatic rings. The second kappa shape index (κ2) is 6.23. The van der Waals surface area contributed by atoms with E-state index in [0.29, 0.717) is 34.3 Å². The highest BCUT2D eigenvalue weighted by molar-refractivity contribution is 6.17. The lowest BCUT2D eigenvalue weighted by atomic mass is 9.97. The van der Waals surface area contributed by atoms with E-state index in [1.165, 1.54) is 25.3 Å². The summed E-state index contributed by atoms with van der Waals surface area (Å²) >= 11 is 0. The topological polar surface area (TPSA) is 88.2 Å². The van der Waals surface area contributed by atoms with Gasteiger partial charge in [0.25, 0.3) is 0 Å². The summed E-state index contributed by atoms with van der Waals surface area (Å²) < 4.78 is 20.4. The summed E-state index contributed by atoms with van der Waals surface area (Å²) in [6.45, 7) is 1.93. The van der Waals surface area contributed by atoms with Crippen LogP contribution in [0.2, 0.25) is 0 Å². The minimum absolute atomic E-state index is 0.248. The van der Waals surface area contributed by atoms with Crippen LogP contribution in [0.1, 0.15) is 33.2 Å². The molecule has 142 valence electrons. The molecule has 0 aliphatic heterocycles. The summed E-state index contributed by atoms with van der Waals surface area (Å²) in [6, 6.07) is 8.99. The molecule has 0 aliphatic rings. The highest BCUT2D eigenvalue weighted by Crippen LogP contribution is 2.43. The number of ether oxygens (including phenoxy) is 1. The van der Waals surface area contributed by atoms with Crippen molar-refractivity contribution in [1.29, 1.82) is 0 Å². The number of aryl methyl sites for hydroxylation is 1. The Morgan fingerprint density at radius 1 is 1.04 bits per heavy atom. The van der Waals surface area contributed by atoms with Crippen LogP contribution in [0.15, 0.2) is 36.4 Å². The zero-order valence-corrected chi connectivity index (χ0v) is 15.1. The third-order valence-corrected chi connectivity index (χ3v) is 5.00. The van der Waals surface area contributed by atoms with E-state index in [1.807, 2.05) is 6.92 Å². The van der Waals surface area contributed by atoms with E-state index < -0.39 is 17.8 Å². The number of methoxy groups -OCH3 is 1. The van der Waals surface area contributed by atoms with Gasteiger partial charge in [-0.2, -0.15) is 0 Å². The smallest absolute Gasteiger partial charge is 0.338 e. The Kier molecular flexibility index (Phi) is 3.96. The van der Waals surface area contributed by atoms with Crippen LogP contribution in [0.4, 0.5) is 4.39 Å². The molecule has 0 radical (unpaired) electrons. The number of benzene rings is 1. The molecule has 7 heteroatoms. The molecule has 0 spiro atoms. The van der Waals surface area contributed by atoms with Gasteiger partial charge >= 0.3 is 11.9 Å². The maximum Gasteiger partial charge on any atom is 0.338 e. The molecule has 3 heterocycles. The molecule has 4 rings (SSSR count). The molecule has 1 aromatic carbocycles. The van der Waals surface area contributed by atoms with Crippen LogP contribution < -0.4 is 4.74 Å². The van der Waals surface area contributed by atoms with Gasteiger partial charge in [-0.15, -0.1) is 0 Å². The second-order valence-corrected chi connectivity index (χ2v) is 6.42. The summed E-state index contributed by atoms with van der Waals surface area (Å²) in [7, 11) is 1.46. The quantitative estimate of drug-likeness (QED) is 0.538. The summed E-state index contributed by atoms with van der Waals surface area (Å²) in [4.78, 5) is 24.0. The number of aromatic carboxylic acids is 2. The number of pyridine rings is 1. The van der Waals surface area contributed by atoms with Gasteiger partial charge < -0.3 is 19.4 Å². The molecular weight excluding hydrogens is 365 g/mol. The van der Waals surface area contributed by atoms with Gasteiger partial charge in [0.1, 0.15) is 22.7 Å². The average molecular weight is 381 g/mol. The van der Waals surface area contributed by atoms with E-state index in [1.54, 1.807) is 22.6 Å². The molecule has 0 saturated heterocycles. The fraction of sp³-hybridized carbons (Fsp3) is 0.143. The highest BCUT2D eigenvalue weighted by Gasteiger charge is 2.32. The van der Waals surface area contributed by atoms with Crippen LogP contribution in [-0.2, 0) is 6.42 Å². The Hall–Kier alpha value is -3.61. The fourth-order valence-corrected chi connectivity index (χ4v) is 3.91. The number of nitrogens with zero attached hydrogens (tertiary/aromatic N) is 1. The van der Waals surface area contributed by atoms with Crippen molar-refractivity contribution in [2.24, 2.45) is 0 Å². The normalized spacial score (nSPS) is 11.4. The lowest BCUT2D eigenvalue weighted by Crippen LogP contribution is -2.06. The predicted molar refractivity (Wildman–Crippen MR) is 101 cm³/mol. The van der Waals surface area contributed by atoms with Gasteiger partial charge in [-0.1, -0.05) is 19.1 Å². The van der Waals surface area contributed by atoms with Gasteiger partial charge in [0, 0.05) is 17.7 Å². The number of rotatable bonds is 5. The number of halogens is 1. The standard InChI is InChI=1S/C21H16FNO5/c1-3-13-14-8-12(28-2)9-15-17(20(24)25)18(21(26)27)19(23(14)15)16(13)10-4-6-11(22)7-5-10/h4-9H,3H2,1-2H3,(H,24,25)(H,26,27). The van der Waals surface area contributed by atoms with Crippen molar-refractivity contribution < 1.29 is 28.9 Å². The van der Waals surface area contributed by atoms with Crippen molar-refractivity contribution >= 4 is 28.5 Å². The minimum Gasteiger partial charge on any atom is -0.497 e. The van der Waals surface area contributed by atoms with Crippen LogP contribution in [-0.4, -0.2) is 33.7 Å². The lowest BCUT2D eigenvalue weighted by Gasteiger charge is -2.07. The van der Waals surface area contributed by atoms with Crippen molar-refractivity contribution in [2.45, 2.75) is 13.3 Å². The zero-order chi connectivity index (χ0) is 20.2. The predicted octanol–water partition coefficient (Wildman–Crippen LogP) is 4.30. The van der Waals surface area contributed by atoms with E-state index in [0.717, 1.165) is 5.56 Å². The molecule has 3 aromatic heterocycles. The van der Waals surface area contributed by atoms with Gasteiger partial charge in [0.05, 0.1) is 23.7 Å². The third-order valence-electron chi connectivity index (χ3n) is 5.00. The average Bonchev–Trinajstić information content (AvgIpc) is 3.17. The fourth-order valence-electron chi connectivity index (χ4n) is 3.91. The first-order valence-corrected chi connectivity index (χ1v) is 8.61. The Bertz CT molecular complexity index is 1240. The van der Waals surface area contributed by atoms with E-state index in [4.69, 9.17) is 4.74 Å². The van der Waals surface area contributed by atoms with Crippen LogP contribution in [0.5, 0.6) is 5.75 Å². The molecule has 2 N–H and O–H groups in total. The van der Waals surface area contributed by atoms with Crippen LogP contribution in [0.3, 0.4) is 0 Å². The molecule has 0 fully saturated rings. The van der Waals surface area contributed by atoms with Gasteiger partial charge in [-0.3, -0.25) is 0 Å². The van der Waals surface area contributed by atoms with Gasteiger partial charge in [-0.25, -0.2) is 14.0 Å². The van der Waals surface area contributed by atoms with Gasteiger partial charge in [-0.05, 0) is 29.7 Å². The Morgan fingerprint density at radius 2 is 1.64 bits per heavy atom. The Balaban J connectivity index is 2.30. The number of hydrogen-bond acceptors (Lipinski definition) is 3. The third kappa shape index (κ3) is 2.32. The number of carboxylic acids is 2. The first-order valence-electron chi connectivity index (χ1n) is 8.61. The van der Waals surface area contributed by atoms with Crippen molar-refractivity contribution in [3.63, 3.8) is 0 Å². The zero-order valence-electron chi connectivity index (χ0n) is 15.1. The number of carboxylic acid groups (broad SMARTS) is 2. The molecule has 0 saturated carbocycles. The van der Waals surface area contributed by atoms with Crippen LogP contribution in [0.25, 0.3) is 27.7 Å². The number of carbonyl (C=O) groups is 2. The van der Waals surface area contributed by atoms with Crippen molar-refractivity contribution in [2.75, 3.05) is 7.11 Å². The van der Waals surface area contributed by atoms with Crippen molar-refractivity contribution in [3.8, 4) is 16.9 Å². The van der Waals surface area contributed by atoms with Crippen LogP contribution in [0, 0.1) is 5.82 Å². The Labute approximate surface area is 158 Å².